The van der Waals surface area contributed by atoms with Crippen LogP contribution in [0.5, 0.6) is 0 Å². The fraction of sp³-hybridized carbons (Fsp3) is 1.00. The normalized spacial score (nSPS) is 11.2. The molecule has 0 rings (SSSR count). The van der Waals surface area contributed by atoms with Crippen LogP contribution in [-0.2, 0) is 9.73 Å². The third kappa shape index (κ3) is 3.95. The van der Waals surface area contributed by atoms with Gasteiger partial charge in [0.2, 0.25) is 0 Å². The van der Waals surface area contributed by atoms with Gasteiger partial charge in [-0.05, 0) is 0 Å². The molecule has 0 aromatic heterocycles. The zero-order valence-electron chi connectivity index (χ0n) is 4.26. The van der Waals surface area contributed by atoms with Gasteiger partial charge in [0.25, 0.3) is 0 Å². The van der Waals surface area contributed by atoms with Crippen molar-refractivity contribution in [3.05, 3.63) is 0 Å². The molecule has 0 amide bonds. The van der Waals surface area contributed by atoms with Crippen molar-refractivity contribution in [2.75, 3.05) is 19.6 Å². The summed E-state index contributed by atoms with van der Waals surface area (Å²) in [4.78, 5) is 0. The van der Waals surface area contributed by atoms with E-state index in [2.05, 4.69) is 4.36 Å². The number of nitrogens with zero attached hydrogens (tertiary/aromatic N) is 1. The highest BCUT2D eigenvalue weighted by Gasteiger charge is 1.78. The molecular weight excluding hydrogens is 98.1 g/mol. The summed E-state index contributed by atoms with van der Waals surface area (Å²) in [7, 11) is -0.229. The standard InChI is InChI=1S/C3H9NOS/c1-4-6(2,3)5/h1-3H3. The second kappa shape index (κ2) is 1.60. The molecular formula is C3H9NOS. The summed E-state index contributed by atoms with van der Waals surface area (Å²) in [6, 6.07) is 0. The van der Waals surface area contributed by atoms with Crippen LogP contribution in [0.15, 0.2) is 4.36 Å². The molecule has 0 aliphatic carbocycles. The maximum atomic E-state index is 10.4. The van der Waals surface area contributed by atoms with Crippen LogP contribution in [0.25, 0.3) is 0 Å². The first-order chi connectivity index (χ1) is 2.56. The molecule has 6 heavy (non-hydrogen) atoms. The van der Waals surface area contributed by atoms with Gasteiger partial charge in [0, 0.05) is 29.3 Å². The fourth-order valence-electron chi connectivity index (χ4n) is 0. The van der Waals surface area contributed by atoms with E-state index in [9.17, 15) is 4.21 Å². The van der Waals surface area contributed by atoms with Crippen molar-refractivity contribution in [3.8, 4) is 0 Å². The molecule has 2 nitrogen and oxygen atoms in total. The van der Waals surface area contributed by atoms with Crippen molar-refractivity contribution in [3.63, 3.8) is 0 Å². The second-order valence-electron chi connectivity index (χ2n) is 1.36. The number of hydrogen-bond donors (Lipinski definition) is 0. The van der Waals surface area contributed by atoms with E-state index in [1.807, 2.05) is 0 Å². The molecule has 0 unspecified atom stereocenters. The van der Waals surface area contributed by atoms with Crippen LogP contribution in [0, 0.1) is 0 Å². The minimum Gasteiger partial charge on any atom is -0.250 e. The highest BCUT2D eigenvalue weighted by molar-refractivity contribution is 7.92. The van der Waals surface area contributed by atoms with Gasteiger partial charge < -0.3 is 0 Å². The third-order valence-electron chi connectivity index (χ3n) is 0.440. The van der Waals surface area contributed by atoms with Crippen LogP contribution in [0.1, 0.15) is 0 Å². The Hall–Kier alpha value is -0.0500. The van der Waals surface area contributed by atoms with Crippen molar-refractivity contribution in [2.24, 2.45) is 4.36 Å². The Labute approximate surface area is 38.7 Å². The van der Waals surface area contributed by atoms with Crippen molar-refractivity contribution >= 4 is 9.73 Å². The maximum absolute atomic E-state index is 10.4. The molecule has 0 atom stereocenters. The molecule has 0 saturated heterocycles. The summed E-state index contributed by atoms with van der Waals surface area (Å²) in [5.41, 5.74) is 0. The van der Waals surface area contributed by atoms with Crippen LogP contribution in [0.4, 0.5) is 0 Å². The van der Waals surface area contributed by atoms with E-state index >= 15 is 0 Å². The Morgan fingerprint density at radius 2 is 1.67 bits per heavy atom. The first-order valence-corrected chi connectivity index (χ1v) is 3.94. The zero-order chi connectivity index (χ0) is 5.21. The Morgan fingerprint density at radius 3 is 1.67 bits per heavy atom. The van der Waals surface area contributed by atoms with Crippen LogP contribution in [-0.4, -0.2) is 23.8 Å². The third-order valence-corrected chi connectivity index (χ3v) is 1.32. The van der Waals surface area contributed by atoms with Gasteiger partial charge in [-0.1, -0.05) is 0 Å². The van der Waals surface area contributed by atoms with Gasteiger partial charge in [-0.3, -0.25) is 4.21 Å². The first kappa shape index (κ1) is 5.95. The average Bonchev–Trinajstić information content (AvgIpc) is 1.35. The summed E-state index contributed by atoms with van der Waals surface area (Å²) in [6.45, 7) is 0. The largest absolute Gasteiger partial charge is 0.250 e. The van der Waals surface area contributed by atoms with Crippen molar-refractivity contribution < 1.29 is 4.21 Å². The van der Waals surface area contributed by atoms with Crippen LogP contribution in [0.2, 0.25) is 0 Å². The molecule has 3 heteroatoms. The Kier molecular flexibility index (Phi) is 1.59. The lowest BCUT2D eigenvalue weighted by molar-refractivity contribution is 0.684. The van der Waals surface area contributed by atoms with Gasteiger partial charge in [-0.25, -0.2) is 4.36 Å². The quantitative estimate of drug-likeness (QED) is 0.439. The van der Waals surface area contributed by atoms with Crippen molar-refractivity contribution in [2.45, 2.75) is 0 Å². The number of rotatable bonds is 0. The predicted octanol–water partition coefficient (Wildman–Crippen LogP) is 0.344. The van der Waals surface area contributed by atoms with Crippen molar-refractivity contribution in [1.29, 1.82) is 0 Å². The van der Waals surface area contributed by atoms with Crippen LogP contribution < -0.4 is 0 Å². The van der Waals surface area contributed by atoms with Gasteiger partial charge in [0.1, 0.15) is 0 Å². The van der Waals surface area contributed by atoms with Gasteiger partial charge in [-0.2, -0.15) is 0 Å². The summed E-state index contributed by atoms with van der Waals surface area (Å²) in [5.74, 6) is 0. The molecule has 38 valence electrons. The molecule has 0 spiro atoms. The minimum atomic E-state index is -1.79. The van der Waals surface area contributed by atoms with Gasteiger partial charge >= 0.3 is 0 Å². The molecule has 0 heterocycles. The zero-order valence-corrected chi connectivity index (χ0v) is 5.08. The van der Waals surface area contributed by atoms with E-state index in [1.165, 1.54) is 0 Å². The Bertz CT molecular complexity index is 124. The van der Waals surface area contributed by atoms with Gasteiger partial charge in [0.15, 0.2) is 0 Å². The minimum absolute atomic E-state index is 1.56. The predicted molar refractivity (Wildman–Crippen MR) is 28.3 cm³/mol. The highest BCUT2D eigenvalue weighted by atomic mass is 32.2. The van der Waals surface area contributed by atoms with E-state index in [4.69, 9.17) is 0 Å². The lowest BCUT2D eigenvalue weighted by atomic mass is 11.6. The number of hydrogen-bond acceptors (Lipinski definition) is 2. The van der Waals surface area contributed by atoms with Crippen molar-refractivity contribution in [1.82, 2.24) is 0 Å². The van der Waals surface area contributed by atoms with Crippen LogP contribution in [0.3, 0.4) is 0 Å². The van der Waals surface area contributed by atoms with E-state index in [0.29, 0.717) is 0 Å². The molecule has 0 N–H and O–H groups in total. The summed E-state index contributed by atoms with van der Waals surface area (Å²) in [6.07, 6.45) is 3.21. The highest BCUT2D eigenvalue weighted by Crippen LogP contribution is 1.75. The van der Waals surface area contributed by atoms with Crippen LogP contribution >= 0.6 is 0 Å². The molecule has 0 aromatic rings. The summed E-state index contributed by atoms with van der Waals surface area (Å²) in [5, 5.41) is 0. The van der Waals surface area contributed by atoms with E-state index < -0.39 is 9.73 Å². The molecule has 0 bridgehead atoms. The topological polar surface area (TPSA) is 29.4 Å². The maximum Gasteiger partial charge on any atom is 0.0406 e. The summed E-state index contributed by atoms with van der Waals surface area (Å²) >= 11 is 0. The molecule has 0 aromatic carbocycles. The molecule has 0 aliphatic rings. The second-order valence-corrected chi connectivity index (χ2v) is 4.09. The van der Waals surface area contributed by atoms with Gasteiger partial charge in [-0.15, -0.1) is 0 Å². The molecule has 0 aliphatic heterocycles. The molecule has 0 saturated carbocycles. The van der Waals surface area contributed by atoms with E-state index in [0.717, 1.165) is 0 Å². The monoisotopic (exact) mass is 107 g/mol. The Morgan fingerprint density at radius 1 is 1.50 bits per heavy atom. The van der Waals surface area contributed by atoms with Gasteiger partial charge in [0.05, 0.1) is 0 Å². The fourth-order valence-corrected chi connectivity index (χ4v) is 0. The SMILES string of the molecule is CN=S(C)(C)=O. The summed E-state index contributed by atoms with van der Waals surface area (Å²) < 4.78 is 13.9. The smallest absolute Gasteiger partial charge is 0.0406 e. The molecule has 0 fully saturated rings. The lowest BCUT2D eigenvalue weighted by Gasteiger charge is -1.83. The first-order valence-electron chi connectivity index (χ1n) is 1.61. The average molecular weight is 107 g/mol. The Balaban J connectivity index is 4.24. The lowest BCUT2D eigenvalue weighted by Crippen LogP contribution is -1.87. The van der Waals surface area contributed by atoms with E-state index in [-0.39, 0.29) is 0 Å². The van der Waals surface area contributed by atoms with E-state index in [1.54, 1.807) is 19.6 Å². The molecule has 0 radical (unpaired) electrons.